The van der Waals surface area contributed by atoms with Crippen molar-refractivity contribution >= 4 is 11.9 Å². The van der Waals surface area contributed by atoms with E-state index in [1.807, 2.05) is 6.08 Å². The van der Waals surface area contributed by atoms with E-state index in [1.165, 1.54) is 385 Å². The number of aliphatic hydroxyl groups is 2. The largest absolute Gasteiger partial charge is 0.466 e. The molecule has 0 fully saturated rings. The number of rotatable bonds is 77. The van der Waals surface area contributed by atoms with Gasteiger partial charge in [0.15, 0.2) is 0 Å². The average molecular weight is 1250 g/mol. The van der Waals surface area contributed by atoms with E-state index in [4.69, 9.17) is 4.74 Å². The van der Waals surface area contributed by atoms with Crippen LogP contribution in [0.5, 0.6) is 0 Å². The molecular weight excluding hydrogens is 1090 g/mol. The van der Waals surface area contributed by atoms with E-state index >= 15 is 0 Å². The second-order valence-corrected chi connectivity index (χ2v) is 28.1. The highest BCUT2D eigenvalue weighted by Gasteiger charge is 2.18. The maximum absolute atomic E-state index is 12.5. The summed E-state index contributed by atoms with van der Waals surface area (Å²) >= 11 is 0. The van der Waals surface area contributed by atoms with Crippen molar-refractivity contribution < 1.29 is 24.5 Å². The summed E-state index contributed by atoms with van der Waals surface area (Å²) in [5.41, 5.74) is 0. The molecule has 1 amide bonds. The van der Waals surface area contributed by atoms with Gasteiger partial charge in [-0.25, -0.2) is 0 Å². The molecule has 0 rings (SSSR count). The highest BCUT2D eigenvalue weighted by atomic mass is 16.5. The molecule has 3 N–H and O–H groups in total. The Morgan fingerprint density at radius 1 is 0.315 bits per heavy atom. The normalized spacial score (nSPS) is 12.6. The molecule has 0 bridgehead atoms. The van der Waals surface area contributed by atoms with Gasteiger partial charge >= 0.3 is 5.97 Å². The molecule has 0 aromatic rings. The second-order valence-electron chi connectivity index (χ2n) is 28.1. The van der Waals surface area contributed by atoms with E-state index in [0.717, 1.165) is 44.9 Å². The molecule has 6 nitrogen and oxygen atoms in total. The van der Waals surface area contributed by atoms with E-state index in [1.54, 1.807) is 6.08 Å². The SMILES string of the molecule is CCCCCCCCCCCCCCCCCCCCC/C=C/C(O)C(CO)NC(=O)CCCCCCCCCCCCCCCCCCC/C=C\C/C=C\CCCCCCCCCCCCCOC(=O)CCCCCCCCCCCCCCCCCC. The highest BCUT2D eigenvalue weighted by molar-refractivity contribution is 5.76. The van der Waals surface area contributed by atoms with Crippen LogP contribution in [-0.4, -0.2) is 47.4 Å². The van der Waals surface area contributed by atoms with Gasteiger partial charge in [-0.2, -0.15) is 0 Å². The zero-order valence-electron chi connectivity index (χ0n) is 60.4. The molecule has 0 aliphatic heterocycles. The van der Waals surface area contributed by atoms with E-state index in [9.17, 15) is 19.8 Å². The molecule has 0 saturated heterocycles. The van der Waals surface area contributed by atoms with Crippen molar-refractivity contribution in [2.24, 2.45) is 0 Å². The van der Waals surface area contributed by atoms with Gasteiger partial charge in [0.2, 0.25) is 5.91 Å². The molecular formula is C83H159NO5. The monoisotopic (exact) mass is 1250 g/mol. The summed E-state index contributed by atoms with van der Waals surface area (Å²) in [6.07, 6.45) is 103. The fraction of sp³-hybridized carbons (Fsp3) is 0.904. The minimum absolute atomic E-state index is 0.0209. The number of aliphatic hydroxyl groups excluding tert-OH is 2. The first kappa shape index (κ1) is 87.1. The maximum Gasteiger partial charge on any atom is 0.305 e. The Bertz CT molecular complexity index is 1440. The van der Waals surface area contributed by atoms with Gasteiger partial charge in [0.25, 0.3) is 0 Å². The number of unbranched alkanes of at least 4 members (excludes halogenated alkanes) is 62. The van der Waals surface area contributed by atoms with Crippen LogP contribution in [0, 0.1) is 0 Å². The Morgan fingerprint density at radius 2 is 0.562 bits per heavy atom. The number of allylic oxidation sites excluding steroid dienone is 5. The number of carbonyl (C=O) groups is 2. The third-order valence-electron chi connectivity index (χ3n) is 19.2. The molecule has 0 aliphatic carbocycles. The van der Waals surface area contributed by atoms with E-state index < -0.39 is 12.1 Å². The lowest BCUT2D eigenvalue weighted by Crippen LogP contribution is -2.45. The number of hydrogen-bond donors (Lipinski definition) is 3. The number of amides is 1. The standard InChI is InChI=1S/C83H159NO5/c1-3-5-7-9-11-13-15-17-19-21-22-38-41-44-47-51-55-59-63-67-71-75-81(86)80(79-85)84-82(87)76-72-68-64-60-56-52-48-45-42-39-36-34-32-30-28-26-24-23-25-27-29-31-33-35-37-40-43-46-50-54-58-62-66-70-74-78-89-83(88)77-73-69-65-61-57-53-49-20-18-16-14-12-10-8-6-4-2/h25,27,31,33,71,75,80-81,85-86H,3-24,26,28-30,32,34-70,72-74,76-79H2,1-2H3,(H,84,87)/b27-25-,33-31-,75-71+. The van der Waals surface area contributed by atoms with E-state index in [2.05, 4.69) is 43.5 Å². The Kier molecular flexibility index (Phi) is 76.8. The predicted octanol–water partition coefficient (Wildman–Crippen LogP) is 27.0. The third kappa shape index (κ3) is 75.0. The number of nitrogens with one attached hydrogen (secondary N) is 1. The zero-order valence-corrected chi connectivity index (χ0v) is 60.4. The van der Waals surface area contributed by atoms with Gasteiger partial charge in [0, 0.05) is 12.8 Å². The Balaban J connectivity index is 3.38. The lowest BCUT2D eigenvalue weighted by atomic mass is 10.0. The first-order valence-electron chi connectivity index (χ1n) is 40.8. The summed E-state index contributed by atoms with van der Waals surface area (Å²) in [7, 11) is 0. The molecule has 6 heteroatoms. The van der Waals surface area contributed by atoms with Crippen molar-refractivity contribution in [3.05, 3.63) is 36.5 Å². The number of ether oxygens (including phenoxy) is 1. The summed E-state index contributed by atoms with van der Waals surface area (Å²) < 4.78 is 5.51. The topological polar surface area (TPSA) is 95.9 Å². The summed E-state index contributed by atoms with van der Waals surface area (Å²) in [5.74, 6) is -0.0402. The van der Waals surface area contributed by atoms with Crippen LogP contribution in [0.4, 0.5) is 0 Å². The van der Waals surface area contributed by atoms with Crippen LogP contribution in [0.15, 0.2) is 36.5 Å². The molecule has 0 saturated carbocycles. The van der Waals surface area contributed by atoms with Crippen molar-refractivity contribution in [1.82, 2.24) is 5.32 Å². The summed E-state index contributed by atoms with van der Waals surface area (Å²) in [6.45, 7) is 4.96. The van der Waals surface area contributed by atoms with Crippen LogP contribution >= 0.6 is 0 Å². The molecule has 0 aromatic heterocycles. The second kappa shape index (κ2) is 78.5. The van der Waals surface area contributed by atoms with Crippen molar-refractivity contribution in [2.75, 3.05) is 13.2 Å². The van der Waals surface area contributed by atoms with Gasteiger partial charge in [0.05, 0.1) is 25.4 Å². The molecule has 0 radical (unpaired) electrons. The lowest BCUT2D eigenvalue weighted by molar-refractivity contribution is -0.143. The van der Waals surface area contributed by atoms with Crippen LogP contribution in [-0.2, 0) is 14.3 Å². The quantitative estimate of drug-likeness (QED) is 0.0320. The van der Waals surface area contributed by atoms with Gasteiger partial charge in [-0.3, -0.25) is 9.59 Å². The zero-order chi connectivity index (χ0) is 64.2. The minimum atomic E-state index is -0.844. The van der Waals surface area contributed by atoms with Gasteiger partial charge in [-0.05, 0) is 64.2 Å². The number of carbonyl (C=O) groups excluding carboxylic acids is 2. The van der Waals surface area contributed by atoms with Crippen molar-refractivity contribution in [3.63, 3.8) is 0 Å². The Hall–Kier alpha value is -1.92. The maximum atomic E-state index is 12.5. The van der Waals surface area contributed by atoms with Gasteiger partial charge in [-0.15, -0.1) is 0 Å². The molecule has 0 heterocycles. The smallest absolute Gasteiger partial charge is 0.305 e. The van der Waals surface area contributed by atoms with E-state index in [0.29, 0.717) is 19.4 Å². The third-order valence-corrected chi connectivity index (χ3v) is 19.2. The number of hydrogen-bond acceptors (Lipinski definition) is 5. The van der Waals surface area contributed by atoms with Crippen LogP contribution in [0.3, 0.4) is 0 Å². The summed E-state index contributed by atoms with van der Waals surface area (Å²) in [5, 5.41) is 23.3. The Morgan fingerprint density at radius 3 is 0.854 bits per heavy atom. The summed E-state index contributed by atoms with van der Waals surface area (Å²) in [6, 6.07) is -0.627. The molecule has 0 spiro atoms. The highest BCUT2D eigenvalue weighted by Crippen LogP contribution is 2.20. The van der Waals surface area contributed by atoms with Gasteiger partial charge in [0.1, 0.15) is 0 Å². The van der Waals surface area contributed by atoms with Crippen LogP contribution in [0.25, 0.3) is 0 Å². The molecule has 89 heavy (non-hydrogen) atoms. The molecule has 2 unspecified atom stereocenters. The molecule has 2 atom stereocenters. The molecule has 0 aliphatic rings. The van der Waals surface area contributed by atoms with Crippen LogP contribution in [0.2, 0.25) is 0 Å². The van der Waals surface area contributed by atoms with Crippen LogP contribution in [0.1, 0.15) is 457 Å². The lowest BCUT2D eigenvalue weighted by Gasteiger charge is -2.20. The first-order chi connectivity index (χ1) is 44.0. The van der Waals surface area contributed by atoms with Crippen molar-refractivity contribution in [2.45, 2.75) is 469 Å². The van der Waals surface area contributed by atoms with E-state index in [-0.39, 0.29) is 18.5 Å². The first-order valence-corrected chi connectivity index (χ1v) is 40.8. The average Bonchev–Trinajstić information content (AvgIpc) is 3.65. The Labute approximate surface area is 557 Å². The van der Waals surface area contributed by atoms with Crippen molar-refractivity contribution in [1.29, 1.82) is 0 Å². The molecule has 526 valence electrons. The van der Waals surface area contributed by atoms with Crippen LogP contribution < -0.4 is 5.32 Å². The van der Waals surface area contributed by atoms with Gasteiger partial charge in [-0.1, -0.05) is 416 Å². The fourth-order valence-corrected chi connectivity index (χ4v) is 13.0. The minimum Gasteiger partial charge on any atom is -0.466 e. The predicted molar refractivity (Wildman–Crippen MR) is 393 cm³/mol. The summed E-state index contributed by atoms with van der Waals surface area (Å²) in [4.78, 5) is 24.6. The number of esters is 1. The molecule has 0 aromatic carbocycles. The fourth-order valence-electron chi connectivity index (χ4n) is 13.0. The van der Waals surface area contributed by atoms with Gasteiger partial charge < -0.3 is 20.3 Å². The van der Waals surface area contributed by atoms with Crippen molar-refractivity contribution in [3.8, 4) is 0 Å².